The lowest BCUT2D eigenvalue weighted by molar-refractivity contribution is 0.0692. The van der Waals surface area contributed by atoms with Crippen LogP contribution in [0, 0.1) is 23.0 Å². The van der Waals surface area contributed by atoms with E-state index in [9.17, 15) is 13.6 Å². The van der Waals surface area contributed by atoms with Gasteiger partial charge in [-0.1, -0.05) is 18.2 Å². The van der Waals surface area contributed by atoms with Gasteiger partial charge in [-0.25, -0.2) is 13.6 Å². The van der Waals surface area contributed by atoms with E-state index in [0.29, 0.717) is 0 Å². The lowest BCUT2D eigenvalue weighted by Gasteiger charge is -2.06. The van der Waals surface area contributed by atoms with Crippen molar-refractivity contribution in [1.29, 1.82) is 5.26 Å². The molecule has 0 aliphatic carbocycles. The van der Waals surface area contributed by atoms with Crippen LogP contribution in [-0.2, 0) is 0 Å². The van der Waals surface area contributed by atoms with Crippen LogP contribution in [0.5, 0.6) is 0 Å². The first-order chi connectivity index (χ1) is 9.04. The van der Waals surface area contributed by atoms with Crippen molar-refractivity contribution in [3.63, 3.8) is 0 Å². The van der Waals surface area contributed by atoms with Crippen molar-refractivity contribution in [2.45, 2.75) is 0 Å². The van der Waals surface area contributed by atoms with E-state index in [1.165, 1.54) is 24.3 Å². The highest BCUT2D eigenvalue weighted by Gasteiger charge is 2.14. The fourth-order valence-electron chi connectivity index (χ4n) is 1.70. The zero-order chi connectivity index (χ0) is 14.0. The zero-order valence-electron chi connectivity index (χ0n) is 9.52. The summed E-state index contributed by atoms with van der Waals surface area (Å²) in [5, 5.41) is 17.4. The summed E-state index contributed by atoms with van der Waals surface area (Å²) in [7, 11) is 0. The van der Waals surface area contributed by atoms with Crippen LogP contribution < -0.4 is 0 Å². The molecule has 0 unspecified atom stereocenters. The molecule has 0 amide bonds. The van der Waals surface area contributed by atoms with Gasteiger partial charge < -0.3 is 5.11 Å². The van der Waals surface area contributed by atoms with Gasteiger partial charge in [-0.05, 0) is 23.8 Å². The number of carbonyl (C=O) groups is 1. The van der Waals surface area contributed by atoms with Crippen LogP contribution in [0.15, 0.2) is 36.4 Å². The quantitative estimate of drug-likeness (QED) is 0.900. The van der Waals surface area contributed by atoms with Crippen LogP contribution in [0.2, 0.25) is 0 Å². The van der Waals surface area contributed by atoms with E-state index < -0.39 is 23.2 Å². The molecule has 19 heavy (non-hydrogen) atoms. The smallest absolute Gasteiger partial charge is 0.338 e. The molecule has 0 bridgehead atoms. The second-order valence-corrected chi connectivity index (χ2v) is 3.78. The number of nitrogens with zero attached hydrogens (tertiary/aromatic N) is 1. The predicted octanol–water partition coefficient (Wildman–Crippen LogP) is 3.20. The first kappa shape index (κ1) is 12.7. The fourth-order valence-corrected chi connectivity index (χ4v) is 1.70. The van der Waals surface area contributed by atoms with Crippen LogP contribution >= 0.6 is 0 Å². The van der Waals surface area contributed by atoms with E-state index in [1.807, 2.05) is 0 Å². The number of nitriles is 1. The molecule has 0 aliphatic heterocycles. The SMILES string of the molecule is N#Cc1cccc(-c2ccc(C(=O)O)c(F)c2)c1F. The molecule has 2 rings (SSSR count). The molecule has 0 fully saturated rings. The average Bonchev–Trinajstić information content (AvgIpc) is 2.38. The molecule has 3 nitrogen and oxygen atoms in total. The average molecular weight is 259 g/mol. The molecule has 0 saturated carbocycles. The van der Waals surface area contributed by atoms with E-state index in [-0.39, 0.29) is 16.7 Å². The topological polar surface area (TPSA) is 61.1 Å². The number of benzene rings is 2. The highest BCUT2D eigenvalue weighted by Crippen LogP contribution is 2.26. The van der Waals surface area contributed by atoms with Gasteiger partial charge in [0.15, 0.2) is 0 Å². The summed E-state index contributed by atoms with van der Waals surface area (Å²) in [6, 6.07) is 9.15. The Bertz CT molecular complexity index is 705. The van der Waals surface area contributed by atoms with Crippen molar-refractivity contribution >= 4 is 5.97 Å². The summed E-state index contributed by atoms with van der Waals surface area (Å²) in [5.74, 6) is -3.10. The zero-order valence-corrected chi connectivity index (χ0v) is 9.52. The minimum absolute atomic E-state index is 0.0508. The van der Waals surface area contributed by atoms with Crippen LogP contribution in [0.3, 0.4) is 0 Å². The van der Waals surface area contributed by atoms with Gasteiger partial charge in [0.25, 0.3) is 0 Å². The Morgan fingerprint density at radius 3 is 2.53 bits per heavy atom. The fraction of sp³-hybridized carbons (Fsp3) is 0. The number of halogens is 2. The van der Waals surface area contributed by atoms with E-state index in [4.69, 9.17) is 10.4 Å². The third kappa shape index (κ3) is 2.29. The number of rotatable bonds is 2. The molecule has 0 radical (unpaired) electrons. The van der Waals surface area contributed by atoms with Gasteiger partial charge in [0.1, 0.15) is 17.7 Å². The number of aromatic carboxylic acids is 1. The summed E-state index contributed by atoms with van der Waals surface area (Å²) in [6.07, 6.45) is 0. The van der Waals surface area contributed by atoms with Gasteiger partial charge >= 0.3 is 5.97 Å². The standard InChI is InChI=1S/C14H7F2NO2/c15-12-6-8(4-5-11(12)14(18)19)10-3-1-2-9(7-17)13(10)16/h1-6H,(H,18,19). The normalized spacial score (nSPS) is 9.95. The summed E-state index contributed by atoms with van der Waals surface area (Å²) >= 11 is 0. The minimum Gasteiger partial charge on any atom is -0.478 e. The number of carboxylic acids is 1. The molecule has 94 valence electrons. The van der Waals surface area contributed by atoms with Gasteiger partial charge in [-0.3, -0.25) is 0 Å². The number of hydrogen-bond acceptors (Lipinski definition) is 2. The summed E-state index contributed by atoms with van der Waals surface area (Å²) in [5.41, 5.74) is -0.409. The van der Waals surface area contributed by atoms with E-state index in [2.05, 4.69) is 0 Å². The summed E-state index contributed by atoms with van der Waals surface area (Å²) in [6.45, 7) is 0. The monoisotopic (exact) mass is 259 g/mol. The number of hydrogen-bond donors (Lipinski definition) is 1. The maximum atomic E-state index is 13.9. The van der Waals surface area contributed by atoms with E-state index in [0.717, 1.165) is 12.1 Å². The molecule has 0 aromatic heterocycles. The van der Waals surface area contributed by atoms with Crippen LogP contribution in [0.4, 0.5) is 8.78 Å². The largest absolute Gasteiger partial charge is 0.478 e. The Labute approximate surface area is 107 Å². The Hall–Kier alpha value is -2.74. The molecule has 0 spiro atoms. The third-order valence-electron chi connectivity index (χ3n) is 2.63. The second kappa shape index (κ2) is 4.86. The van der Waals surface area contributed by atoms with Gasteiger partial charge in [0.05, 0.1) is 11.1 Å². The molecule has 5 heteroatoms. The molecule has 1 N–H and O–H groups in total. The van der Waals surface area contributed by atoms with E-state index in [1.54, 1.807) is 6.07 Å². The highest BCUT2D eigenvalue weighted by atomic mass is 19.1. The maximum absolute atomic E-state index is 13.9. The second-order valence-electron chi connectivity index (χ2n) is 3.78. The molecular formula is C14H7F2NO2. The molecule has 0 heterocycles. The van der Waals surface area contributed by atoms with Gasteiger partial charge in [0.2, 0.25) is 0 Å². The molecule has 2 aromatic carbocycles. The summed E-state index contributed by atoms with van der Waals surface area (Å²) in [4.78, 5) is 10.7. The first-order valence-corrected chi connectivity index (χ1v) is 5.26. The molecule has 2 aromatic rings. The molecule has 0 aliphatic rings. The molecule has 0 saturated heterocycles. The Morgan fingerprint density at radius 2 is 1.95 bits per heavy atom. The molecular weight excluding hydrogens is 252 g/mol. The van der Waals surface area contributed by atoms with Crippen molar-refractivity contribution in [2.75, 3.05) is 0 Å². The van der Waals surface area contributed by atoms with Crippen LogP contribution in [0.25, 0.3) is 11.1 Å². The van der Waals surface area contributed by atoms with Crippen molar-refractivity contribution in [3.8, 4) is 17.2 Å². The Morgan fingerprint density at radius 1 is 1.21 bits per heavy atom. The van der Waals surface area contributed by atoms with Crippen molar-refractivity contribution in [3.05, 3.63) is 59.2 Å². The summed E-state index contributed by atoms with van der Waals surface area (Å²) < 4.78 is 27.4. The van der Waals surface area contributed by atoms with Gasteiger partial charge in [-0.15, -0.1) is 0 Å². The van der Waals surface area contributed by atoms with Crippen molar-refractivity contribution in [1.82, 2.24) is 0 Å². The van der Waals surface area contributed by atoms with Crippen molar-refractivity contribution < 1.29 is 18.7 Å². The highest BCUT2D eigenvalue weighted by molar-refractivity contribution is 5.88. The maximum Gasteiger partial charge on any atom is 0.338 e. The van der Waals surface area contributed by atoms with Crippen LogP contribution in [-0.4, -0.2) is 11.1 Å². The van der Waals surface area contributed by atoms with Crippen LogP contribution in [0.1, 0.15) is 15.9 Å². The van der Waals surface area contributed by atoms with E-state index >= 15 is 0 Å². The predicted molar refractivity (Wildman–Crippen MR) is 63.5 cm³/mol. The third-order valence-corrected chi connectivity index (χ3v) is 2.63. The van der Waals surface area contributed by atoms with Crippen molar-refractivity contribution in [2.24, 2.45) is 0 Å². The lowest BCUT2D eigenvalue weighted by Crippen LogP contribution is -2.00. The Kier molecular flexibility index (Phi) is 3.25. The van der Waals surface area contributed by atoms with Gasteiger partial charge in [0, 0.05) is 5.56 Å². The lowest BCUT2D eigenvalue weighted by atomic mass is 10.0. The first-order valence-electron chi connectivity index (χ1n) is 5.26. The Balaban J connectivity index is 2.58. The molecule has 0 atom stereocenters. The minimum atomic E-state index is -1.39. The van der Waals surface area contributed by atoms with Gasteiger partial charge in [-0.2, -0.15) is 5.26 Å². The number of carboxylic acid groups (broad SMARTS) is 1.